The number of nitrogens with zero attached hydrogens (tertiary/aromatic N) is 4. The molecule has 16 aliphatic rings. The van der Waals surface area contributed by atoms with Gasteiger partial charge in [-0.3, -0.25) is 0 Å². The van der Waals surface area contributed by atoms with Crippen LogP contribution in [0.25, 0.3) is 120 Å². The summed E-state index contributed by atoms with van der Waals surface area (Å²) in [5.74, 6) is 0.741. The van der Waals surface area contributed by atoms with Crippen molar-refractivity contribution in [2.45, 2.75) is 23.4 Å². The first-order valence-corrected chi connectivity index (χ1v) is 45.2. The van der Waals surface area contributed by atoms with E-state index in [-0.39, 0.29) is 47.0 Å². The van der Waals surface area contributed by atoms with E-state index < -0.39 is 0 Å². The molecule has 8 unspecified atom stereocenters. The minimum absolute atomic E-state index is 0.124. The van der Waals surface area contributed by atoms with Crippen molar-refractivity contribution in [3.8, 4) is 22.3 Å². The largest absolute Gasteiger partial charge is 0.456 e. The number of thioether (sulfide) groups is 1. The van der Waals surface area contributed by atoms with E-state index in [1.54, 1.807) is 0 Å². The Morgan fingerprint density at radius 3 is 1.67 bits per heavy atom. The Morgan fingerprint density at radius 2 is 0.944 bits per heavy atom. The maximum atomic E-state index is 6.73. The lowest BCUT2D eigenvalue weighted by molar-refractivity contribution is -0.392. The molecule has 3 aliphatic heterocycles. The van der Waals surface area contributed by atoms with Gasteiger partial charge >= 0.3 is 0 Å². The number of allylic oxidation sites excluding steroid dienone is 35. The van der Waals surface area contributed by atoms with E-state index in [0.717, 1.165) is 94.6 Å². The van der Waals surface area contributed by atoms with Crippen LogP contribution in [0.3, 0.4) is 0 Å². The molecule has 14 aromatic rings. The maximum Gasteiger partial charge on any atom is 0.236 e. The summed E-state index contributed by atoms with van der Waals surface area (Å²) in [6.45, 7) is 0. The fourth-order valence-corrected chi connectivity index (χ4v) is 27.0. The molecule has 0 saturated heterocycles. The Morgan fingerprint density at radius 1 is 0.363 bits per heavy atom. The molecule has 0 saturated carbocycles. The number of furan rings is 2. The van der Waals surface area contributed by atoms with Crippen LogP contribution >= 0.6 is 23.1 Å². The summed E-state index contributed by atoms with van der Waals surface area (Å²) in [4.78, 5) is 6.77. The topological polar surface area (TPSA) is 38.8 Å². The average molecular weight is 1620 g/mol. The highest BCUT2D eigenvalue weighted by molar-refractivity contribution is 8.04. The zero-order valence-electron chi connectivity index (χ0n) is 66.8. The molecule has 0 N–H and O–H groups in total. The fourth-order valence-electron chi connectivity index (χ4n) is 24.5. The average Bonchev–Trinajstić information content (AvgIpc) is 0.937. The van der Waals surface area contributed by atoms with E-state index in [1.165, 1.54) is 158 Å². The lowest BCUT2D eigenvalue weighted by Gasteiger charge is -2.44. The van der Waals surface area contributed by atoms with Gasteiger partial charge in [-0.15, -0.1) is 23.1 Å². The molecule has 30 rings (SSSR count). The first-order chi connectivity index (χ1) is 61.5. The van der Waals surface area contributed by atoms with E-state index in [2.05, 4.69) is 395 Å². The van der Waals surface area contributed by atoms with Crippen molar-refractivity contribution in [1.82, 2.24) is 4.58 Å². The van der Waals surface area contributed by atoms with Gasteiger partial charge in [-0.1, -0.05) is 255 Å². The fraction of sp³-hybridized carbons (Fsp3) is 0.0690. The van der Waals surface area contributed by atoms with Crippen LogP contribution < -0.4 is 24.1 Å². The van der Waals surface area contributed by atoms with Gasteiger partial charge in [-0.05, 0) is 190 Å². The Kier molecular flexibility index (Phi) is 13.3. The van der Waals surface area contributed by atoms with Gasteiger partial charge in [0.05, 0.1) is 10.6 Å². The quantitative estimate of drug-likeness (QED) is 0.123. The number of anilines is 3. The number of thiophene rings is 1. The minimum atomic E-state index is -0.235. The van der Waals surface area contributed by atoms with Crippen molar-refractivity contribution >= 4 is 167 Å². The summed E-state index contributed by atoms with van der Waals surface area (Å²) in [5, 5.41) is 14.3. The van der Waals surface area contributed by atoms with Crippen LogP contribution in [0.1, 0.15) is 0 Å². The van der Waals surface area contributed by atoms with Crippen LogP contribution in [0.5, 0.6) is 0 Å². The SMILES string of the molecule is C1=CC2=CC=CC3=C4C=CC=C5C6=C7C=C8C(C=C7SC6C=C(C(=C1)C23)C54)N(c1cc(-c2ccc3oc4ccccc4c3c2)c2ccc3c([N+]4=C5C=CC=CC5N(c5ccccc5)c5cc6c7c(sc6cc54)=CC4=C5C=CC=C6C=CC=C(C9=CC=CC=7C94)C65)cc(-c4ccc5oc6ccccc6c5c4)c4ccc1c2c43)C1C=CC=CC1=[N+]8c1ccccc1. The van der Waals surface area contributed by atoms with Gasteiger partial charge in [0.25, 0.3) is 0 Å². The minimum Gasteiger partial charge on any atom is -0.456 e. The van der Waals surface area contributed by atoms with E-state index in [4.69, 9.17) is 8.83 Å². The second kappa shape index (κ2) is 24.6. The maximum absolute atomic E-state index is 6.73. The number of hydrogen-bond acceptors (Lipinski definition) is 6. The van der Waals surface area contributed by atoms with Gasteiger partial charge < -0.3 is 18.6 Å². The highest BCUT2D eigenvalue weighted by atomic mass is 32.2. The molecule has 11 aromatic carbocycles. The summed E-state index contributed by atoms with van der Waals surface area (Å²) in [5.41, 5.74) is 38.3. The van der Waals surface area contributed by atoms with Crippen LogP contribution in [-0.4, -0.2) is 39.4 Å². The number of para-hydroxylation sites is 4. The third-order valence-corrected chi connectivity index (χ3v) is 31.7. The first-order valence-electron chi connectivity index (χ1n) is 43.5. The van der Waals surface area contributed by atoms with Gasteiger partial charge in [0, 0.05) is 140 Å². The van der Waals surface area contributed by atoms with Crippen molar-refractivity contribution in [2.24, 2.45) is 23.7 Å². The molecular weight excluding hydrogens is 1550 g/mol. The van der Waals surface area contributed by atoms with E-state index in [1.807, 2.05) is 23.1 Å². The zero-order chi connectivity index (χ0) is 80.2. The van der Waals surface area contributed by atoms with E-state index in [9.17, 15) is 0 Å². The summed E-state index contributed by atoms with van der Waals surface area (Å²) < 4.78 is 21.3. The number of hydrogen-bond donors (Lipinski definition) is 0. The lowest BCUT2D eigenvalue weighted by Crippen LogP contribution is -2.55. The molecule has 3 aromatic heterocycles. The number of rotatable bonds is 6. The molecule has 124 heavy (non-hydrogen) atoms. The monoisotopic (exact) mass is 1610 g/mol. The van der Waals surface area contributed by atoms with Crippen LogP contribution in [-0.2, 0) is 0 Å². The van der Waals surface area contributed by atoms with Gasteiger partial charge in [0.1, 0.15) is 46.1 Å². The summed E-state index contributed by atoms with van der Waals surface area (Å²) in [6.07, 6.45) is 71.7. The summed E-state index contributed by atoms with van der Waals surface area (Å²) in [6, 6.07) is 72.9. The molecule has 8 heteroatoms. The van der Waals surface area contributed by atoms with Crippen LogP contribution in [0.2, 0.25) is 0 Å². The Bertz CT molecular complexity index is 8590. The number of fused-ring (bicyclic) bond motifs is 18. The van der Waals surface area contributed by atoms with Gasteiger partial charge in [-0.2, -0.15) is 9.15 Å². The molecule has 0 fully saturated rings. The third-order valence-electron chi connectivity index (χ3n) is 29.4. The Balaban J connectivity index is 0.702. The van der Waals surface area contributed by atoms with Gasteiger partial charge in [-0.25, -0.2) is 0 Å². The normalized spacial score (nSPS) is 23.7. The zero-order valence-corrected chi connectivity index (χ0v) is 68.5. The lowest BCUT2D eigenvalue weighted by atomic mass is 9.59. The Hall–Kier alpha value is -14.7. The molecule has 0 spiro atoms. The molecule has 576 valence electrons. The molecule has 8 atom stereocenters. The molecule has 0 radical (unpaired) electrons. The van der Waals surface area contributed by atoms with Crippen LogP contribution in [0.4, 0.5) is 34.1 Å². The van der Waals surface area contributed by atoms with Crippen LogP contribution in [0.15, 0.2) is 462 Å². The van der Waals surface area contributed by atoms with Crippen molar-refractivity contribution in [3.05, 3.63) is 463 Å². The van der Waals surface area contributed by atoms with E-state index in [0.29, 0.717) is 0 Å². The molecule has 13 aliphatic carbocycles. The second-order valence-corrected chi connectivity index (χ2v) is 37.5. The first kappa shape index (κ1) is 67.1. The molecular formula is C116H70N4O2S2+2. The standard InChI is InChI=1S/C116H70N4O2S2/c1-3-25-67(26-4-1)117-91-39-9-11-41-93(91)119(99-61-105-89(57-97(99)117)113-81-37-19-35-73-71-31-15-21-63-23-17-33-75(109(63)71)87(111(73)81)59-107(113)123-105)95-55-83(65-45-51-103-85(53-65)69-29-7-13-43-101(69)121-103)77-48-50-80-96(56-84(78-47-49-79(95)115(77)116(78)80)66-46-52-104-86(54-66)70-30-8-14-44-102(70)122-104)120-94-42-12-10-40-92(94)118(68-27-5-2-6-28-68)98-58-90-106(62-100(98)120)124-108-60-88-76-34-18-24-64-22-16-32-72(110(64)76)74-36-20-38-82(112(74)88)114(90)108/h1-62,91,94,100,108-112H/q+2. The second-order valence-electron chi connectivity index (χ2n) is 35.3. The molecule has 0 bridgehead atoms. The van der Waals surface area contributed by atoms with Crippen molar-refractivity contribution < 1.29 is 13.4 Å². The smallest absolute Gasteiger partial charge is 0.236 e. The highest BCUT2D eigenvalue weighted by Gasteiger charge is 2.53. The summed E-state index contributed by atoms with van der Waals surface area (Å²) in [7, 11) is 0. The van der Waals surface area contributed by atoms with Gasteiger partial charge in [0.2, 0.25) is 34.2 Å². The predicted octanol–water partition coefficient (Wildman–Crippen LogP) is 26.5. The van der Waals surface area contributed by atoms with Crippen LogP contribution in [0, 0.1) is 23.7 Å². The van der Waals surface area contributed by atoms with Crippen molar-refractivity contribution in [2.75, 3.05) is 9.80 Å². The highest BCUT2D eigenvalue weighted by Crippen LogP contribution is 2.63. The van der Waals surface area contributed by atoms with Gasteiger partial charge in [0.15, 0.2) is 0 Å². The molecule has 0 amide bonds. The summed E-state index contributed by atoms with van der Waals surface area (Å²) >= 11 is 3.99. The Labute approximate surface area is 721 Å². The number of benzene rings is 11. The van der Waals surface area contributed by atoms with Crippen molar-refractivity contribution in [3.63, 3.8) is 0 Å². The third kappa shape index (κ3) is 8.90. The van der Waals surface area contributed by atoms with E-state index >= 15 is 0 Å². The predicted molar refractivity (Wildman–Crippen MR) is 515 cm³/mol. The molecule has 6 heterocycles. The van der Waals surface area contributed by atoms with Crippen molar-refractivity contribution in [1.29, 1.82) is 0 Å². The molecule has 6 nitrogen and oxygen atoms in total.